The fourth-order valence-electron chi connectivity index (χ4n) is 1.75. The molecule has 1 heterocycles. The molecule has 0 aliphatic carbocycles. The van der Waals surface area contributed by atoms with E-state index in [1.54, 1.807) is 24.3 Å². The van der Waals surface area contributed by atoms with E-state index in [4.69, 9.17) is 9.94 Å². The van der Waals surface area contributed by atoms with Crippen molar-refractivity contribution in [2.75, 3.05) is 11.9 Å². The molecule has 0 unspecified atom stereocenters. The molecule has 112 valence electrons. The molecule has 0 saturated heterocycles. The van der Waals surface area contributed by atoms with Gasteiger partial charge in [0.1, 0.15) is 5.52 Å². The minimum absolute atomic E-state index is 0.0747. The van der Waals surface area contributed by atoms with Crippen molar-refractivity contribution in [2.45, 2.75) is 19.8 Å². The summed E-state index contributed by atoms with van der Waals surface area (Å²) in [6.45, 7) is 2.49. The van der Waals surface area contributed by atoms with E-state index >= 15 is 0 Å². The Kier molecular flexibility index (Phi) is 4.60. The van der Waals surface area contributed by atoms with Gasteiger partial charge in [-0.25, -0.2) is 14.6 Å². The smallest absolute Gasteiger partial charge is 0.432 e. The Hall–Kier alpha value is -2.77. The fourth-order valence-corrected chi connectivity index (χ4v) is 1.75. The molecule has 8 heteroatoms. The number of para-hydroxylation sites is 2. The van der Waals surface area contributed by atoms with Crippen molar-refractivity contribution in [3.05, 3.63) is 24.3 Å². The molecule has 0 radical (unpaired) electrons. The number of hydrogen-bond donors (Lipinski definition) is 3. The van der Waals surface area contributed by atoms with Crippen LogP contribution in [0, 0.1) is 0 Å². The highest BCUT2D eigenvalue weighted by Crippen LogP contribution is 2.18. The molecule has 1 aromatic heterocycles. The van der Waals surface area contributed by atoms with Crippen molar-refractivity contribution in [1.29, 1.82) is 0 Å². The predicted molar refractivity (Wildman–Crippen MR) is 76.3 cm³/mol. The Morgan fingerprint density at radius 3 is 2.86 bits per heavy atom. The van der Waals surface area contributed by atoms with Gasteiger partial charge >= 0.3 is 12.2 Å². The zero-order chi connectivity index (χ0) is 15.2. The molecule has 2 rings (SSSR count). The molecule has 21 heavy (non-hydrogen) atoms. The monoisotopic (exact) mass is 292 g/mol. The van der Waals surface area contributed by atoms with Crippen molar-refractivity contribution < 1.29 is 19.5 Å². The molecule has 2 aromatic rings. The second-order valence-corrected chi connectivity index (χ2v) is 4.31. The number of carbonyl (C=O) groups is 2. The van der Waals surface area contributed by atoms with Crippen LogP contribution in [-0.2, 0) is 0 Å². The third-order valence-corrected chi connectivity index (χ3v) is 2.71. The highest BCUT2D eigenvalue weighted by molar-refractivity contribution is 5.86. The molecule has 2 amide bonds. The number of rotatable bonds is 5. The number of carbonyl (C=O) groups excluding carboxylic acids is 1. The number of imidazole rings is 1. The van der Waals surface area contributed by atoms with Crippen LogP contribution in [0.4, 0.5) is 15.5 Å². The summed E-state index contributed by atoms with van der Waals surface area (Å²) in [6, 6.07) is 6.86. The summed E-state index contributed by atoms with van der Waals surface area (Å²) < 4.78 is 1.06. The Balaban J connectivity index is 2.23. The molecule has 3 N–H and O–H groups in total. The molecular weight excluding hydrogens is 276 g/mol. The van der Waals surface area contributed by atoms with Gasteiger partial charge in [0, 0.05) is 6.54 Å². The standard InChI is InChI=1S/C13H16N4O4/c1-2-3-8-14-13(20)21-17-10-7-5-4-6-9(10)15-11(17)16-12(18)19/h4-7H,2-3,8H2,1H3,(H,14,20)(H,15,16)(H,18,19). The Bertz CT molecular complexity index is 653. The number of nitrogens with zero attached hydrogens (tertiary/aromatic N) is 2. The fraction of sp³-hybridized carbons (Fsp3) is 0.308. The molecule has 0 bridgehead atoms. The molecule has 0 fully saturated rings. The Labute approximate surface area is 120 Å². The highest BCUT2D eigenvalue weighted by Gasteiger charge is 2.16. The van der Waals surface area contributed by atoms with Gasteiger partial charge in [0.25, 0.3) is 0 Å². The van der Waals surface area contributed by atoms with Gasteiger partial charge in [-0.1, -0.05) is 25.5 Å². The molecule has 0 spiro atoms. The van der Waals surface area contributed by atoms with Crippen LogP contribution in [0.5, 0.6) is 0 Å². The predicted octanol–water partition coefficient (Wildman–Crippen LogP) is 2.06. The number of nitrogens with one attached hydrogen (secondary N) is 2. The zero-order valence-corrected chi connectivity index (χ0v) is 11.5. The van der Waals surface area contributed by atoms with E-state index < -0.39 is 12.2 Å². The van der Waals surface area contributed by atoms with Gasteiger partial charge in [-0.2, -0.15) is 0 Å². The first kappa shape index (κ1) is 14.6. The first-order valence-corrected chi connectivity index (χ1v) is 6.55. The van der Waals surface area contributed by atoms with E-state index in [1.165, 1.54) is 0 Å². The van der Waals surface area contributed by atoms with Crippen LogP contribution in [0.1, 0.15) is 19.8 Å². The number of aromatic nitrogens is 2. The summed E-state index contributed by atoms with van der Waals surface area (Å²) in [7, 11) is 0. The largest absolute Gasteiger partial charge is 0.465 e. The summed E-state index contributed by atoms with van der Waals surface area (Å²) in [5.74, 6) is -0.0747. The van der Waals surface area contributed by atoms with Crippen LogP contribution in [0.3, 0.4) is 0 Å². The summed E-state index contributed by atoms with van der Waals surface area (Å²) >= 11 is 0. The minimum Gasteiger partial charge on any atom is -0.465 e. The summed E-state index contributed by atoms with van der Waals surface area (Å²) in [4.78, 5) is 31.7. The lowest BCUT2D eigenvalue weighted by Crippen LogP contribution is -2.33. The number of carboxylic acid groups (broad SMARTS) is 1. The van der Waals surface area contributed by atoms with E-state index in [9.17, 15) is 9.59 Å². The van der Waals surface area contributed by atoms with Crippen LogP contribution >= 0.6 is 0 Å². The van der Waals surface area contributed by atoms with Crippen molar-refractivity contribution >= 4 is 29.2 Å². The Morgan fingerprint density at radius 2 is 2.14 bits per heavy atom. The lowest BCUT2D eigenvalue weighted by molar-refractivity contribution is 0.139. The molecule has 1 aromatic carbocycles. The van der Waals surface area contributed by atoms with Gasteiger partial charge in [0.2, 0.25) is 5.95 Å². The summed E-state index contributed by atoms with van der Waals surface area (Å²) in [6.07, 6.45) is -0.179. The van der Waals surface area contributed by atoms with E-state index in [0.29, 0.717) is 17.6 Å². The lowest BCUT2D eigenvalue weighted by Gasteiger charge is -2.09. The summed E-state index contributed by atoms with van der Waals surface area (Å²) in [5.41, 5.74) is 1.01. The van der Waals surface area contributed by atoms with Crippen LogP contribution in [0.15, 0.2) is 24.3 Å². The molecule has 0 aliphatic heterocycles. The quantitative estimate of drug-likeness (QED) is 0.731. The number of hydrogen-bond acceptors (Lipinski definition) is 4. The average Bonchev–Trinajstić information content (AvgIpc) is 2.76. The normalized spacial score (nSPS) is 10.3. The number of amides is 2. The van der Waals surface area contributed by atoms with Gasteiger partial charge in [-0.3, -0.25) is 5.32 Å². The first-order valence-electron chi connectivity index (χ1n) is 6.55. The summed E-state index contributed by atoms with van der Waals surface area (Å²) in [5, 5.41) is 13.5. The van der Waals surface area contributed by atoms with Gasteiger partial charge in [-0.15, -0.1) is 4.73 Å². The van der Waals surface area contributed by atoms with Crippen LogP contribution in [-0.4, -0.2) is 33.6 Å². The average molecular weight is 292 g/mol. The lowest BCUT2D eigenvalue weighted by atomic mass is 10.3. The zero-order valence-electron chi connectivity index (χ0n) is 11.5. The maximum absolute atomic E-state index is 11.7. The van der Waals surface area contributed by atoms with E-state index in [-0.39, 0.29) is 5.95 Å². The van der Waals surface area contributed by atoms with E-state index in [2.05, 4.69) is 15.6 Å². The highest BCUT2D eigenvalue weighted by atomic mass is 16.7. The number of benzene rings is 1. The Morgan fingerprint density at radius 1 is 1.38 bits per heavy atom. The van der Waals surface area contributed by atoms with Crippen molar-refractivity contribution in [1.82, 2.24) is 15.0 Å². The van der Waals surface area contributed by atoms with Gasteiger partial charge < -0.3 is 15.3 Å². The SMILES string of the molecule is CCCCNC(=O)On1c(NC(=O)O)nc2ccccc21. The molecule has 0 aliphatic rings. The van der Waals surface area contributed by atoms with Gasteiger partial charge in [0.05, 0.1) is 5.52 Å². The van der Waals surface area contributed by atoms with Crippen LogP contribution in [0.2, 0.25) is 0 Å². The van der Waals surface area contributed by atoms with E-state index in [1.807, 2.05) is 6.92 Å². The molecular formula is C13H16N4O4. The molecule has 0 atom stereocenters. The first-order chi connectivity index (χ1) is 10.1. The number of fused-ring (bicyclic) bond motifs is 1. The maximum Gasteiger partial charge on any atom is 0.432 e. The van der Waals surface area contributed by atoms with E-state index in [0.717, 1.165) is 17.6 Å². The minimum atomic E-state index is -1.29. The van der Waals surface area contributed by atoms with Crippen molar-refractivity contribution in [3.8, 4) is 0 Å². The van der Waals surface area contributed by atoms with Crippen molar-refractivity contribution in [2.24, 2.45) is 0 Å². The van der Waals surface area contributed by atoms with Crippen molar-refractivity contribution in [3.63, 3.8) is 0 Å². The van der Waals surface area contributed by atoms with Gasteiger partial charge in [0.15, 0.2) is 0 Å². The second kappa shape index (κ2) is 6.60. The van der Waals surface area contributed by atoms with Crippen LogP contribution in [0.25, 0.3) is 11.0 Å². The van der Waals surface area contributed by atoms with Crippen LogP contribution < -0.4 is 15.5 Å². The molecule has 8 nitrogen and oxygen atoms in total. The third-order valence-electron chi connectivity index (χ3n) is 2.71. The third kappa shape index (κ3) is 3.62. The topological polar surface area (TPSA) is 105 Å². The van der Waals surface area contributed by atoms with Gasteiger partial charge in [-0.05, 0) is 18.6 Å². The maximum atomic E-state index is 11.7. The second-order valence-electron chi connectivity index (χ2n) is 4.31. The number of unbranched alkanes of at least 4 members (excludes halogenated alkanes) is 1. The molecule has 0 saturated carbocycles. The number of anilines is 1.